The van der Waals surface area contributed by atoms with Gasteiger partial charge in [0.1, 0.15) is 0 Å². The number of sulfonamides is 1. The summed E-state index contributed by atoms with van der Waals surface area (Å²) in [6, 6.07) is 6.77. The number of anilines is 1. The van der Waals surface area contributed by atoms with Gasteiger partial charge in [-0.15, -0.1) is 0 Å². The molecule has 0 spiro atoms. The predicted octanol–water partition coefficient (Wildman–Crippen LogP) is 2.63. The number of nitrogens with zero attached hydrogens (tertiary/aromatic N) is 1. The first-order valence-corrected chi connectivity index (χ1v) is 8.38. The average molecular weight is 305 g/mol. The number of nitrogens with two attached hydrogens (primary N) is 1. The molecule has 0 aliphatic heterocycles. The van der Waals surface area contributed by atoms with Crippen molar-refractivity contribution in [3.63, 3.8) is 0 Å². The molecule has 0 saturated heterocycles. The van der Waals surface area contributed by atoms with Crippen molar-refractivity contribution in [3.05, 3.63) is 29.3 Å². The molecule has 0 unspecified atom stereocenters. The Labute approximate surface area is 120 Å². The summed E-state index contributed by atoms with van der Waals surface area (Å²) in [6.45, 7) is 0.664. The maximum absolute atomic E-state index is 12.1. The summed E-state index contributed by atoms with van der Waals surface area (Å²) in [6.07, 6.45) is 3.49. The van der Waals surface area contributed by atoms with Gasteiger partial charge in [-0.25, -0.2) is 8.42 Å². The Bertz CT molecular complexity index is 474. The van der Waals surface area contributed by atoms with Crippen LogP contribution in [0.4, 0.5) is 5.69 Å². The van der Waals surface area contributed by atoms with Crippen molar-refractivity contribution in [3.8, 4) is 0 Å². The molecule has 1 aromatic carbocycles. The number of hydrogen-bond donors (Lipinski definition) is 1. The molecule has 0 saturated carbocycles. The lowest BCUT2D eigenvalue weighted by atomic mass is 10.2. The molecule has 4 nitrogen and oxygen atoms in total. The van der Waals surface area contributed by atoms with Crippen LogP contribution in [0.1, 0.15) is 25.7 Å². The van der Waals surface area contributed by atoms with E-state index in [0.717, 1.165) is 19.3 Å². The van der Waals surface area contributed by atoms with Crippen LogP contribution in [-0.4, -0.2) is 27.8 Å². The molecular formula is C13H21ClN2O2S. The molecule has 19 heavy (non-hydrogen) atoms. The van der Waals surface area contributed by atoms with Gasteiger partial charge in [0.2, 0.25) is 10.0 Å². The first kappa shape index (κ1) is 16.3. The molecular weight excluding hydrogens is 284 g/mol. The van der Waals surface area contributed by atoms with Gasteiger partial charge in [0, 0.05) is 12.1 Å². The Morgan fingerprint density at radius 3 is 2.26 bits per heavy atom. The third-order valence-electron chi connectivity index (χ3n) is 2.96. The molecule has 0 heterocycles. The molecule has 0 fully saturated rings. The number of rotatable bonds is 8. The van der Waals surface area contributed by atoms with Gasteiger partial charge in [-0.2, -0.15) is 0 Å². The third-order valence-corrected chi connectivity index (χ3v) is 5.07. The molecule has 0 aromatic heterocycles. The van der Waals surface area contributed by atoms with Crippen LogP contribution in [0, 0.1) is 0 Å². The molecule has 108 valence electrons. The lowest BCUT2D eigenvalue weighted by Gasteiger charge is -2.19. The Hall–Kier alpha value is -0.780. The topological polar surface area (TPSA) is 63.4 Å². The molecule has 0 aliphatic rings. The van der Waals surface area contributed by atoms with Crippen LogP contribution in [0.15, 0.2) is 24.3 Å². The minimum Gasteiger partial charge on any atom is -0.330 e. The van der Waals surface area contributed by atoms with Gasteiger partial charge in [-0.1, -0.05) is 24.4 Å². The van der Waals surface area contributed by atoms with Crippen molar-refractivity contribution in [2.75, 3.05) is 23.7 Å². The van der Waals surface area contributed by atoms with Gasteiger partial charge in [0.05, 0.1) is 11.4 Å². The minimum absolute atomic E-state index is 0.163. The smallest absolute Gasteiger partial charge is 0.234 e. The molecule has 0 amide bonds. The normalized spacial score (nSPS) is 11.5. The van der Waals surface area contributed by atoms with Crippen LogP contribution < -0.4 is 10.0 Å². The highest BCUT2D eigenvalue weighted by Gasteiger charge is 2.17. The molecule has 0 atom stereocenters. The summed E-state index contributed by atoms with van der Waals surface area (Å²) < 4.78 is 25.5. The van der Waals surface area contributed by atoms with Gasteiger partial charge in [0.25, 0.3) is 0 Å². The van der Waals surface area contributed by atoms with Crippen LogP contribution in [-0.2, 0) is 10.0 Å². The standard InChI is InChI=1S/C13H21ClN2O2S/c1-16(13-8-6-12(14)7-9-13)19(17,18)11-5-3-2-4-10-15/h6-9H,2-5,10-11,15H2,1H3. The van der Waals surface area contributed by atoms with Crippen molar-refractivity contribution < 1.29 is 8.42 Å². The van der Waals surface area contributed by atoms with Crippen molar-refractivity contribution in [1.29, 1.82) is 0 Å². The lowest BCUT2D eigenvalue weighted by Crippen LogP contribution is -2.28. The van der Waals surface area contributed by atoms with E-state index in [4.69, 9.17) is 17.3 Å². The minimum atomic E-state index is -3.25. The highest BCUT2D eigenvalue weighted by Crippen LogP contribution is 2.20. The van der Waals surface area contributed by atoms with Gasteiger partial charge >= 0.3 is 0 Å². The van der Waals surface area contributed by atoms with Gasteiger partial charge in [-0.05, 0) is 43.7 Å². The Morgan fingerprint density at radius 1 is 1.11 bits per heavy atom. The maximum Gasteiger partial charge on any atom is 0.234 e. The number of unbranched alkanes of at least 4 members (excludes halogenated alkanes) is 3. The second-order valence-electron chi connectivity index (χ2n) is 4.46. The summed E-state index contributed by atoms with van der Waals surface area (Å²) in [4.78, 5) is 0. The Balaban J connectivity index is 2.54. The highest BCUT2D eigenvalue weighted by molar-refractivity contribution is 7.92. The quantitative estimate of drug-likeness (QED) is 0.751. The summed E-state index contributed by atoms with van der Waals surface area (Å²) in [5, 5.41) is 0.594. The number of benzene rings is 1. The largest absolute Gasteiger partial charge is 0.330 e. The van der Waals surface area contributed by atoms with Crippen LogP contribution in [0.25, 0.3) is 0 Å². The maximum atomic E-state index is 12.1. The van der Waals surface area contributed by atoms with Crippen molar-refractivity contribution in [2.45, 2.75) is 25.7 Å². The number of hydrogen-bond acceptors (Lipinski definition) is 3. The van der Waals surface area contributed by atoms with E-state index in [9.17, 15) is 8.42 Å². The van der Waals surface area contributed by atoms with E-state index >= 15 is 0 Å². The summed E-state index contributed by atoms with van der Waals surface area (Å²) >= 11 is 5.78. The Morgan fingerprint density at radius 2 is 1.68 bits per heavy atom. The fraction of sp³-hybridized carbons (Fsp3) is 0.538. The van der Waals surface area contributed by atoms with E-state index in [1.165, 1.54) is 4.31 Å². The highest BCUT2D eigenvalue weighted by atomic mass is 35.5. The van der Waals surface area contributed by atoms with Gasteiger partial charge in [-0.3, -0.25) is 4.31 Å². The summed E-state index contributed by atoms with van der Waals surface area (Å²) in [5.74, 6) is 0.163. The molecule has 0 aliphatic carbocycles. The number of halogens is 1. The van der Waals surface area contributed by atoms with Crippen molar-refractivity contribution in [2.24, 2.45) is 5.73 Å². The van der Waals surface area contributed by atoms with E-state index in [0.29, 0.717) is 23.7 Å². The monoisotopic (exact) mass is 304 g/mol. The average Bonchev–Trinajstić information content (AvgIpc) is 2.38. The SMILES string of the molecule is CN(c1ccc(Cl)cc1)S(=O)(=O)CCCCCCN. The predicted molar refractivity (Wildman–Crippen MR) is 81.2 cm³/mol. The van der Waals surface area contributed by atoms with Crippen LogP contribution >= 0.6 is 11.6 Å². The van der Waals surface area contributed by atoms with Gasteiger partial charge < -0.3 is 5.73 Å². The first-order chi connectivity index (χ1) is 8.97. The van der Waals surface area contributed by atoms with Crippen LogP contribution in [0.3, 0.4) is 0 Å². The first-order valence-electron chi connectivity index (χ1n) is 6.39. The molecule has 1 rings (SSSR count). The second kappa shape index (κ2) is 7.72. The van der Waals surface area contributed by atoms with Crippen LogP contribution in [0.5, 0.6) is 0 Å². The molecule has 6 heteroatoms. The zero-order valence-electron chi connectivity index (χ0n) is 11.2. The summed E-state index contributed by atoms with van der Waals surface area (Å²) in [5.41, 5.74) is 6.03. The third kappa shape index (κ3) is 5.38. The van der Waals surface area contributed by atoms with E-state index < -0.39 is 10.0 Å². The Kier molecular flexibility index (Phi) is 6.62. The van der Waals surface area contributed by atoms with Crippen molar-refractivity contribution in [1.82, 2.24) is 0 Å². The summed E-state index contributed by atoms with van der Waals surface area (Å²) in [7, 11) is -1.69. The van der Waals surface area contributed by atoms with E-state index in [1.54, 1.807) is 31.3 Å². The lowest BCUT2D eigenvalue weighted by molar-refractivity contribution is 0.586. The fourth-order valence-electron chi connectivity index (χ4n) is 1.73. The fourth-order valence-corrected chi connectivity index (χ4v) is 3.14. The van der Waals surface area contributed by atoms with E-state index in [2.05, 4.69) is 0 Å². The van der Waals surface area contributed by atoms with Crippen molar-refractivity contribution >= 4 is 27.3 Å². The zero-order chi connectivity index (χ0) is 14.3. The molecule has 0 radical (unpaired) electrons. The second-order valence-corrected chi connectivity index (χ2v) is 7.02. The molecule has 1 aromatic rings. The van der Waals surface area contributed by atoms with Gasteiger partial charge in [0.15, 0.2) is 0 Å². The molecule has 2 N–H and O–H groups in total. The van der Waals surface area contributed by atoms with Crippen LogP contribution in [0.2, 0.25) is 5.02 Å². The molecule has 0 bridgehead atoms. The zero-order valence-corrected chi connectivity index (χ0v) is 12.8. The van der Waals surface area contributed by atoms with E-state index in [-0.39, 0.29) is 5.75 Å². The van der Waals surface area contributed by atoms with E-state index in [1.807, 2.05) is 0 Å².